The van der Waals surface area contributed by atoms with Gasteiger partial charge in [0.05, 0.1) is 24.1 Å². The van der Waals surface area contributed by atoms with Gasteiger partial charge in [-0.05, 0) is 25.0 Å². The van der Waals surface area contributed by atoms with Crippen molar-refractivity contribution >= 4 is 11.6 Å². The van der Waals surface area contributed by atoms with E-state index in [0.717, 1.165) is 33.7 Å². The van der Waals surface area contributed by atoms with Gasteiger partial charge >= 0.3 is 5.97 Å². The molecule has 0 bridgehead atoms. The average Bonchev–Trinajstić information content (AvgIpc) is 3.42. The third-order valence-electron chi connectivity index (χ3n) is 5.56. The molecule has 0 aliphatic heterocycles. The van der Waals surface area contributed by atoms with Crippen molar-refractivity contribution < 1.29 is 14.1 Å². The molecule has 5 aromatic rings. The van der Waals surface area contributed by atoms with Gasteiger partial charge in [-0.3, -0.25) is 9.89 Å². The molecule has 1 N–H and O–H groups in total. The Kier molecular flexibility index (Phi) is 4.90. The van der Waals surface area contributed by atoms with Crippen molar-refractivity contribution in [3.63, 3.8) is 0 Å². The van der Waals surface area contributed by atoms with Crippen molar-refractivity contribution in [2.75, 3.05) is 7.11 Å². The molecular formula is C25H20N4O4. The first-order chi connectivity index (χ1) is 16.0. The Bertz CT molecular complexity index is 1520. The summed E-state index contributed by atoms with van der Waals surface area (Å²) in [6, 6.07) is 18.6. The lowest BCUT2D eigenvalue weighted by molar-refractivity contribution is 0.0593. The molecular weight excluding hydrogens is 420 g/mol. The number of nitrogens with zero attached hydrogens (tertiary/aromatic N) is 3. The maximum absolute atomic E-state index is 13.5. The number of ether oxygens (including phenoxy) is 1. The quantitative estimate of drug-likeness (QED) is 0.415. The van der Waals surface area contributed by atoms with E-state index in [1.54, 1.807) is 0 Å². The van der Waals surface area contributed by atoms with Crippen LogP contribution >= 0.6 is 0 Å². The number of H-pyrrole nitrogens is 1. The maximum atomic E-state index is 13.5. The van der Waals surface area contributed by atoms with Crippen molar-refractivity contribution in [3.05, 3.63) is 88.2 Å². The van der Waals surface area contributed by atoms with Gasteiger partial charge < -0.3 is 9.26 Å². The molecule has 0 unspecified atom stereocenters. The van der Waals surface area contributed by atoms with Gasteiger partial charge in [-0.1, -0.05) is 59.8 Å². The van der Waals surface area contributed by atoms with Crippen LogP contribution in [-0.4, -0.2) is 32.8 Å². The molecule has 0 aliphatic rings. The Hall–Kier alpha value is -4.46. The summed E-state index contributed by atoms with van der Waals surface area (Å²) in [6.45, 7) is 3.77. The van der Waals surface area contributed by atoms with Crippen LogP contribution in [0.3, 0.4) is 0 Å². The normalized spacial score (nSPS) is 11.1. The molecule has 164 valence electrons. The van der Waals surface area contributed by atoms with Crippen molar-refractivity contribution in [1.29, 1.82) is 0 Å². The maximum Gasteiger partial charge on any atom is 0.356 e. The van der Waals surface area contributed by atoms with Gasteiger partial charge in [0, 0.05) is 17.2 Å². The average molecular weight is 440 g/mol. The number of hydrogen-bond acceptors (Lipinski definition) is 6. The minimum absolute atomic E-state index is 0.145. The Balaban J connectivity index is 1.73. The van der Waals surface area contributed by atoms with E-state index in [1.165, 1.54) is 17.7 Å². The summed E-state index contributed by atoms with van der Waals surface area (Å²) in [5.74, 6) is 0.164. The first-order valence-corrected chi connectivity index (χ1v) is 10.3. The third kappa shape index (κ3) is 3.41. The van der Waals surface area contributed by atoms with Crippen LogP contribution in [0.15, 0.2) is 70.0 Å². The van der Waals surface area contributed by atoms with Gasteiger partial charge in [0.15, 0.2) is 5.65 Å². The third-order valence-corrected chi connectivity index (χ3v) is 5.56. The summed E-state index contributed by atoms with van der Waals surface area (Å²) < 4.78 is 11.3. The molecule has 0 amide bonds. The van der Waals surface area contributed by atoms with Crippen LogP contribution < -0.4 is 5.56 Å². The summed E-state index contributed by atoms with van der Waals surface area (Å²) in [4.78, 5) is 30.2. The minimum Gasteiger partial charge on any atom is -0.464 e. The second-order valence-electron chi connectivity index (χ2n) is 7.64. The van der Waals surface area contributed by atoms with Crippen molar-refractivity contribution in [3.8, 4) is 33.5 Å². The van der Waals surface area contributed by atoms with E-state index in [2.05, 4.69) is 10.3 Å². The molecule has 3 aromatic heterocycles. The molecule has 3 heterocycles. The molecule has 5 rings (SSSR count). The van der Waals surface area contributed by atoms with Crippen LogP contribution in [0.5, 0.6) is 0 Å². The lowest BCUT2D eigenvalue weighted by Crippen LogP contribution is -2.19. The van der Waals surface area contributed by atoms with Gasteiger partial charge in [-0.15, -0.1) is 0 Å². The number of benzene rings is 2. The van der Waals surface area contributed by atoms with E-state index in [-0.39, 0.29) is 11.3 Å². The first-order valence-electron chi connectivity index (χ1n) is 10.3. The smallest absolute Gasteiger partial charge is 0.356 e. The number of esters is 1. The van der Waals surface area contributed by atoms with Gasteiger partial charge in [-0.25, -0.2) is 14.3 Å². The molecule has 0 radical (unpaired) electrons. The number of aryl methyl sites for hydroxylation is 2. The number of carbonyl (C=O) groups excluding carboxylic acids is 1. The topological polar surface area (TPSA) is 102 Å². The molecule has 0 spiro atoms. The number of fused-ring (bicyclic) bond motifs is 1. The van der Waals surface area contributed by atoms with Crippen molar-refractivity contribution in [2.24, 2.45) is 0 Å². The van der Waals surface area contributed by atoms with E-state index in [0.29, 0.717) is 16.9 Å². The molecule has 8 heteroatoms. The Labute approximate surface area is 188 Å². The summed E-state index contributed by atoms with van der Waals surface area (Å²) in [6.07, 6.45) is 0. The molecule has 0 fully saturated rings. The first kappa shape index (κ1) is 20.4. The highest BCUT2D eigenvalue weighted by Crippen LogP contribution is 2.32. The molecule has 2 aromatic carbocycles. The predicted octanol–water partition coefficient (Wildman–Crippen LogP) is 4.42. The van der Waals surface area contributed by atoms with E-state index in [1.807, 2.05) is 68.4 Å². The SMILES string of the molecule is COC(=O)c1cc2nc(-c3ccc(-c4c(C)noc4C)cc3)c(-c3ccccc3)c(=O)n2[nH]1. The second-order valence-corrected chi connectivity index (χ2v) is 7.64. The molecule has 8 nitrogen and oxygen atoms in total. The Morgan fingerprint density at radius 1 is 0.970 bits per heavy atom. The number of aromatic amines is 1. The number of aromatic nitrogens is 4. The fourth-order valence-corrected chi connectivity index (χ4v) is 4.00. The van der Waals surface area contributed by atoms with E-state index in [4.69, 9.17) is 14.2 Å². The zero-order valence-electron chi connectivity index (χ0n) is 18.2. The van der Waals surface area contributed by atoms with Crippen LogP contribution in [0.25, 0.3) is 39.2 Å². The summed E-state index contributed by atoms with van der Waals surface area (Å²) >= 11 is 0. The molecule has 0 saturated carbocycles. The molecule has 0 aliphatic carbocycles. The molecule has 0 atom stereocenters. The summed E-state index contributed by atoms with van der Waals surface area (Å²) in [5.41, 5.74) is 5.32. The van der Waals surface area contributed by atoms with E-state index in [9.17, 15) is 9.59 Å². The van der Waals surface area contributed by atoms with Crippen LogP contribution in [0.1, 0.15) is 21.9 Å². The minimum atomic E-state index is -0.577. The Morgan fingerprint density at radius 2 is 1.64 bits per heavy atom. The number of rotatable bonds is 4. The largest absolute Gasteiger partial charge is 0.464 e. The standard InChI is InChI=1S/C25H20N4O4/c1-14-21(15(2)33-28-14)17-9-11-18(12-10-17)23-22(16-7-5-4-6-8-16)24(30)29-20(26-23)13-19(27-29)25(31)32-3/h4-13,27H,1-3H3. The number of hydrogen-bond donors (Lipinski definition) is 1. The van der Waals surface area contributed by atoms with Gasteiger partial charge in [0.1, 0.15) is 11.5 Å². The fraction of sp³-hybridized carbons (Fsp3) is 0.120. The number of methoxy groups -OCH3 is 1. The predicted molar refractivity (Wildman–Crippen MR) is 123 cm³/mol. The number of nitrogens with one attached hydrogen (secondary N) is 1. The summed E-state index contributed by atoms with van der Waals surface area (Å²) in [7, 11) is 1.28. The summed E-state index contributed by atoms with van der Waals surface area (Å²) in [5, 5.41) is 6.82. The lowest BCUT2D eigenvalue weighted by atomic mass is 9.97. The highest BCUT2D eigenvalue weighted by Gasteiger charge is 2.20. The van der Waals surface area contributed by atoms with Crippen LogP contribution in [0.4, 0.5) is 0 Å². The van der Waals surface area contributed by atoms with Crippen LogP contribution in [0.2, 0.25) is 0 Å². The molecule has 0 saturated heterocycles. The van der Waals surface area contributed by atoms with Crippen LogP contribution in [-0.2, 0) is 4.74 Å². The second kappa shape index (κ2) is 7.90. The zero-order chi connectivity index (χ0) is 23.1. The zero-order valence-corrected chi connectivity index (χ0v) is 18.2. The monoisotopic (exact) mass is 440 g/mol. The van der Waals surface area contributed by atoms with E-state index < -0.39 is 5.97 Å². The van der Waals surface area contributed by atoms with E-state index >= 15 is 0 Å². The van der Waals surface area contributed by atoms with Gasteiger partial charge in [0.2, 0.25) is 0 Å². The van der Waals surface area contributed by atoms with Gasteiger partial charge in [-0.2, -0.15) is 0 Å². The molecule has 33 heavy (non-hydrogen) atoms. The highest BCUT2D eigenvalue weighted by atomic mass is 16.5. The lowest BCUT2D eigenvalue weighted by Gasteiger charge is -2.10. The van der Waals surface area contributed by atoms with Crippen molar-refractivity contribution in [1.82, 2.24) is 19.8 Å². The number of carbonyl (C=O) groups is 1. The highest BCUT2D eigenvalue weighted by molar-refractivity contribution is 5.89. The fourth-order valence-electron chi connectivity index (χ4n) is 4.00. The van der Waals surface area contributed by atoms with Crippen molar-refractivity contribution in [2.45, 2.75) is 13.8 Å². The van der Waals surface area contributed by atoms with Gasteiger partial charge in [0.25, 0.3) is 5.56 Å². The van der Waals surface area contributed by atoms with Crippen LogP contribution in [0, 0.1) is 13.8 Å². The Morgan fingerprint density at radius 3 is 2.27 bits per heavy atom.